The maximum absolute atomic E-state index is 11.2. The molecule has 98 valence electrons. The van der Waals surface area contributed by atoms with Crippen LogP contribution in [-0.2, 0) is 9.53 Å². The third-order valence-electron chi connectivity index (χ3n) is 3.66. The molecule has 1 N–H and O–H groups in total. The van der Waals surface area contributed by atoms with Crippen LogP contribution in [0.1, 0.15) is 46.5 Å². The molecule has 3 heteroatoms. The smallest absolute Gasteiger partial charge is 0.333 e. The van der Waals surface area contributed by atoms with Crippen LogP contribution in [0.15, 0.2) is 11.6 Å². The van der Waals surface area contributed by atoms with E-state index >= 15 is 0 Å². The van der Waals surface area contributed by atoms with Gasteiger partial charge < -0.3 is 10.1 Å². The van der Waals surface area contributed by atoms with Crippen molar-refractivity contribution in [3.8, 4) is 0 Å². The molecular weight excluding hydrogens is 214 g/mol. The Bertz CT molecular complexity index is 285. The van der Waals surface area contributed by atoms with Gasteiger partial charge in [0, 0.05) is 18.2 Å². The zero-order valence-corrected chi connectivity index (χ0v) is 11.5. The largest absolute Gasteiger partial charge is 0.466 e. The van der Waals surface area contributed by atoms with E-state index in [0.717, 1.165) is 6.54 Å². The molecule has 0 aromatic heterocycles. The van der Waals surface area contributed by atoms with Gasteiger partial charge in [-0.2, -0.15) is 0 Å². The molecule has 0 radical (unpaired) electrons. The Kier molecular flexibility index (Phi) is 5.19. The Morgan fingerprint density at radius 2 is 2.00 bits per heavy atom. The number of hydrogen-bond acceptors (Lipinski definition) is 3. The minimum Gasteiger partial charge on any atom is -0.466 e. The highest BCUT2D eigenvalue weighted by Gasteiger charge is 2.26. The van der Waals surface area contributed by atoms with Gasteiger partial charge in [-0.3, -0.25) is 0 Å². The zero-order valence-electron chi connectivity index (χ0n) is 11.5. The summed E-state index contributed by atoms with van der Waals surface area (Å²) in [5, 5.41) is 3.49. The van der Waals surface area contributed by atoms with E-state index in [1.165, 1.54) is 32.8 Å². The second kappa shape index (κ2) is 6.20. The van der Waals surface area contributed by atoms with Crippen molar-refractivity contribution in [1.82, 2.24) is 5.32 Å². The molecule has 1 aliphatic carbocycles. The summed E-state index contributed by atoms with van der Waals surface area (Å²) >= 11 is 0. The molecule has 0 atom stereocenters. The van der Waals surface area contributed by atoms with Gasteiger partial charge in [-0.05, 0) is 38.0 Å². The summed E-state index contributed by atoms with van der Waals surface area (Å²) in [6.45, 7) is 7.22. The molecule has 0 aromatic rings. The predicted molar refractivity (Wildman–Crippen MR) is 69.8 cm³/mol. The number of ether oxygens (including phenoxy) is 1. The number of rotatable bonds is 4. The van der Waals surface area contributed by atoms with E-state index in [1.807, 2.05) is 6.08 Å². The van der Waals surface area contributed by atoms with Gasteiger partial charge >= 0.3 is 5.97 Å². The molecule has 0 spiro atoms. The first-order valence-electron chi connectivity index (χ1n) is 6.43. The topological polar surface area (TPSA) is 38.3 Å². The molecule has 0 heterocycles. The fourth-order valence-corrected chi connectivity index (χ4v) is 2.23. The quantitative estimate of drug-likeness (QED) is 0.605. The normalized spacial score (nSPS) is 21.3. The maximum atomic E-state index is 11.2. The SMILES string of the molecule is COC(=O)C(C)=CCNC1CCC(C)(C)CC1. The minimum absolute atomic E-state index is 0.239. The minimum atomic E-state index is -0.239. The lowest BCUT2D eigenvalue weighted by Crippen LogP contribution is -2.35. The van der Waals surface area contributed by atoms with Gasteiger partial charge in [0.15, 0.2) is 0 Å². The van der Waals surface area contributed by atoms with Gasteiger partial charge in [0.05, 0.1) is 7.11 Å². The van der Waals surface area contributed by atoms with Crippen LogP contribution in [0.2, 0.25) is 0 Å². The third-order valence-corrected chi connectivity index (χ3v) is 3.66. The predicted octanol–water partition coefficient (Wildman–Crippen LogP) is 2.66. The first-order valence-corrected chi connectivity index (χ1v) is 6.43. The van der Waals surface area contributed by atoms with Crippen LogP contribution in [0.4, 0.5) is 0 Å². The highest BCUT2D eigenvalue weighted by molar-refractivity contribution is 5.87. The van der Waals surface area contributed by atoms with Crippen molar-refractivity contribution >= 4 is 5.97 Å². The highest BCUT2D eigenvalue weighted by atomic mass is 16.5. The van der Waals surface area contributed by atoms with Gasteiger partial charge in [0.2, 0.25) is 0 Å². The van der Waals surface area contributed by atoms with Crippen molar-refractivity contribution < 1.29 is 9.53 Å². The van der Waals surface area contributed by atoms with Crippen LogP contribution in [0.5, 0.6) is 0 Å². The first-order chi connectivity index (χ1) is 7.94. The molecule has 0 saturated heterocycles. The molecule has 1 rings (SSSR count). The summed E-state index contributed by atoms with van der Waals surface area (Å²) in [6.07, 6.45) is 6.94. The Morgan fingerprint density at radius 3 is 2.53 bits per heavy atom. The van der Waals surface area contributed by atoms with Crippen LogP contribution in [-0.4, -0.2) is 25.7 Å². The number of nitrogens with one attached hydrogen (secondary N) is 1. The van der Waals surface area contributed by atoms with Crippen molar-refractivity contribution in [3.63, 3.8) is 0 Å². The number of hydrogen-bond donors (Lipinski definition) is 1. The summed E-state index contributed by atoms with van der Waals surface area (Å²) in [6, 6.07) is 0.602. The van der Waals surface area contributed by atoms with Gasteiger partial charge in [0.25, 0.3) is 0 Å². The molecule has 1 aliphatic rings. The van der Waals surface area contributed by atoms with Crippen molar-refractivity contribution in [2.45, 2.75) is 52.5 Å². The Morgan fingerprint density at radius 1 is 1.41 bits per heavy atom. The van der Waals surface area contributed by atoms with E-state index in [0.29, 0.717) is 17.0 Å². The van der Waals surface area contributed by atoms with Crippen LogP contribution in [0.3, 0.4) is 0 Å². The van der Waals surface area contributed by atoms with E-state index in [-0.39, 0.29) is 5.97 Å². The van der Waals surface area contributed by atoms with Crippen LogP contribution < -0.4 is 5.32 Å². The van der Waals surface area contributed by atoms with Gasteiger partial charge in [-0.15, -0.1) is 0 Å². The molecule has 17 heavy (non-hydrogen) atoms. The van der Waals surface area contributed by atoms with E-state index in [1.54, 1.807) is 6.92 Å². The lowest BCUT2D eigenvalue weighted by molar-refractivity contribution is -0.136. The average Bonchev–Trinajstić information content (AvgIpc) is 2.30. The van der Waals surface area contributed by atoms with Gasteiger partial charge in [-0.25, -0.2) is 4.79 Å². The van der Waals surface area contributed by atoms with E-state index < -0.39 is 0 Å². The van der Waals surface area contributed by atoms with E-state index in [2.05, 4.69) is 23.9 Å². The maximum Gasteiger partial charge on any atom is 0.333 e. The molecule has 1 saturated carbocycles. The average molecular weight is 239 g/mol. The summed E-state index contributed by atoms with van der Waals surface area (Å²) in [4.78, 5) is 11.2. The van der Waals surface area contributed by atoms with E-state index in [9.17, 15) is 4.79 Å². The zero-order chi connectivity index (χ0) is 12.9. The van der Waals surface area contributed by atoms with Gasteiger partial charge in [-0.1, -0.05) is 19.9 Å². The first kappa shape index (κ1) is 14.2. The van der Waals surface area contributed by atoms with E-state index in [4.69, 9.17) is 0 Å². The Labute approximate surface area is 105 Å². The molecule has 0 aliphatic heterocycles. The molecule has 1 fully saturated rings. The molecule has 0 unspecified atom stereocenters. The van der Waals surface area contributed by atoms with Crippen LogP contribution in [0.25, 0.3) is 0 Å². The second-order valence-corrected chi connectivity index (χ2v) is 5.73. The van der Waals surface area contributed by atoms with Crippen LogP contribution >= 0.6 is 0 Å². The highest BCUT2D eigenvalue weighted by Crippen LogP contribution is 2.34. The lowest BCUT2D eigenvalue weighted by atomic mass is 9.75. The second-order valence-electron chi connectivity index (χ2n) is 5.73. The summed E-state index contributed by atoms with van der Waals surface area (Å²) in [5.41, 5.74) is 1.19. The van der Waals surface area contributed by atoms with Gasteiger partial charge in [0.1, 0.15) is 0 Å². The van der Waals surface area contributed by atoms with Crippen molar-refractivity contribution in [1.29, 1.82) is 0 Å². The fourth-order valence-electron chi connectivity index (χ4n) is 2.23. The van der Waals surface area contributed by atoms with Crippen LogP contribution in [0, 0.1) is 5.41 Å². The monoisotopic (exact) mass is 239 g/mol. The summed E-state index contributed by atoms with van der Waals surface area (Å²) in [7, 11) is 1.41. The standard InChI is InChI=1S/C14H25NO2/c1-11(13(16)17-4)7-10-15-12-5-8-14(2,3)9-6-12/h7,12,15H,5-6,8-10H2,1-4H3. The summed E-state index contributed by atoms with van der Waals surface area (Å²) in [5.74, 6) is -0.239. The fraction of sp³-hybridized carbons (Fsp3) is 0.786. The number of esters is 1. The molecule has 0 aromatic carbocycles. The number of carbonyl (C=O) groups excluding carboxylic acids is 1. The van der Waals surface area contributed by atoms with Crippen molar-refractivity contribution in [2.75, 3.05) is 13.7 Å². The molecule has 0 amide bonds. The molecule has 0 bridgehead atoms. The lowest BCUT2D eigenvalue weighted by Gasteiger charge is -2.34. The number of carbonyl (C=O) groups is 1. The Balaban J connectivity index is 2.26. The van der Waals surface area contributed by atoms with Crippen molar-refractivity contribution in [2.24, 2.45) is 5.41 Å². The third kappa shape index (κ3) is 4.90. The number of methoxy groups -OCH3 is 1. The molecule has 3 nitrogen and oxygen atoms in total. The molecular formula is C14H25NO2. The van der Waals surface area contributed by atoms with Crippen molar-refractivity contribution in [3.05, 3.63) is 11.6 Å². The Hall–Kier alpha value is -0.830. The summed E-state index contributed by atoms with van der Waals surface area (Å²) < 4.78 is 4.65.